The zero-order chi connectivity index (χ0) is 19.5. The highest BCUT2D eigenvalue weighted by molar-refractivity contribution is 7.09. The largest absolute Gasteiger partial charge is 0.352 e. The molecular weight excluding hydrogens is 368 g/mol. The highest BCUT2D eigenvalue weighted by Crippen LogP contribution is 2.26. The normalized spacial score (nSPS) is 11.2. The van der Waals surface area contributed by atoms with Crippen molar-refractivity contribution in [1.82, 2.24) is 20.1 Å². The molecule has 0 saturated carbocycles. The smallest absolute Gasteiger partial charge is 0.252 e. The van der Waals surface area contributed by atoms with Gasteiger partial charge in [-0.25, -0.2) is 9.67 Å². The summed E-state index contributed by atoms with van der Waals surface area (Å²) in [5.74, 6) is -0.0931. The van der Waals surface area contributed by atoms with Gasteiger partial charge in [0, 0.05) is 23.0 Å². The number of pyridine rings is 1. The van der Waals surface area contributed by atoms with Gasteiger partial charge in [-0.3, -0.25) is 4.79 Å². The predicted molar refractivity (Wildman–Crippen MR) is 114 cm³/mol. The van der Waals surface area contributed by atoms with Gasteiger partial charge in [-0.15, -0.1) is 11.3 Å². The molecule has 1 amide bonds. The maximum absolute atomic E-state index is 13.0. The Bertz CT molecular complexity index is 1080. The van der Waals surface area contributed by atoms with E-state index >= 15 is 0 Å². The average Bonchev–Trinajstić information content (AvgIpc) is 3.37. The van der Waals surface area contributed by atoms with Crippen LogP contribution in [0.5, 0.6) is 0 Å². The van der Waals surface area contributed by atoms with E-state index in [-0.39, 0.29) is 11.9 Å². The molecule has 142 valence electrons. The van der Waals surface area contributed by atoms with Crippen LogP contribution in [0.3, 0.4) is 0 Å². The van der Waals surface area contributed by atoms with Crippen LogP contribution in [-0.2, 0) is 6.42 Å². The molecule has 0 aliphatic rings. The SMILES string of the molecule is CC(C)n1ncc2c(C(=O)NCCc3cccs3)cc(-c3ccccc3)nc21. The number of carbonyl (C=O) groups excluding carboxylic acids is 1. The third-order valence-corrected chi connectivity index (χ3v) is 5.54. The first-order valence-corrected chi connectivity index (χ1v) is 10.3. The van der Waals surface area contributed by atoms with Gasteiger partial charge >= 0.3 is 0 Å². The van der Waals surface area contributed by atoms with Crippen molar-refractivity contribution in [3.8, 4) is 11.3 Å². The summed E-state index contributed by atoms with van der Waals surface area (Å²) in [5, 5.41) is 10.4. The van der Waals surface area contributed by atoms with E-state index in [0.717, 1.165) is 28.7 Å². The highest BCUT2D eigenvalue weighted by atomic mass is 32.1. The van der Waals surface area contributed by atoms with E-state index < -0.39 is 0 Å². The Morgan fingerprint density at radius 3 is 2.71 bits per heavy atom. The predicted octanol–water partition coefficient (Wildman–Crippen LogP) is 4.71. The van der Waals surface area contributed by atoms with Crippen LogP contribution in [0.25, 0.3) is 22.3 Å². The third kappa shape index (κ3) is 3.68. The zero-order valence-electron chi connectivity index (χ0n) is 15.9. The second-order valence-corrected chi connectivity index (χ2v) is 7.96. The molecule has 0 spiro atoms. The summed E-state index contributed by atoms with van der Waals surface area (Å²) in [5.41, 5.74) is 3.11. The summed E-state index contributed by atoms with van der Waals surface area (Å²) in [6, 6.07) is 16.1. The van der Waals surface area contributed by atoms with E-state index in [2.05, 4.69) is 35.7 Å². The summed E-state index contributed by atoms with van der Waals surface area (Å²) in [6.45, 7) is 4.72. The van der Waals surface area contributed by atoms with Gasteiger partial charge in [0.2, 0.25) is 0 Å². The molecule has 1 aromatic carbocycles. The maximum Gasteiger partial charge on any atom is 0.252 e. The van der Waals surface area contributed by atoms with Crippen molar-refractivity contribution < 1.29 is 4.79 Å². The van der Waals surface area contributed by atoms with Crippen molar-refractivity contribution in [2.24, 2.45) is 0 Å². The van der Waals surface area contributed by atoms with Crippen LogP contribution in [-0.4, -0.2) is 27.2 Å². The summed E-state index contributed by atoms with van der Waals surface area (Å²) in [4.78, 5) is 19.1. The number of carbonyl (C=O) groups is 1. The third-order valence-electron chi connectivity index (χ3n) is 4.61. The Morgan fingerprint density at radius 1 is 1.18 bits per heavy atom. The first-order valence-electron chi connectivity index (χ1n) is 9.38. The highest BCUT2D eigenvalue weighted by Gasteiger charge is 2.18. The second kappa shape index (κ2) is 7.94. The van der Waals surface area contributed by atoms with Crippen molar-refractivity contribution in [2.45, 2.75) is 26.3 Å². The number of benzene rings is 1. The van der Waals surface area contributed by atoms with Crippen molar-refractivity contribution >= 4 is 28.3 Å². The first kappa shape index (κ1) is 18.4. The fraction of sp³-hybridized carbons (Fsp3) is 0.227. The lowest BCUT2D eigenvalue weighted by Gasteiger charge is -2.11. The van der Waals surface area contributed by atoms with Crippen molar-refractivity contribution in [3.05, 3.63) is 70.5 Å². The molecule has 0 bridgehead atoms. The quantitative estimate of drug-likeness (QED) is 0.518. The fourth-order valence-electron chi connectivity index (χ4n) is 3.19. The van der Waals surface area contributed by atoms with Crippen LogP contribution in [0.1, 0.15) is 35.1 Å². The van der Waals surface area contributed by atoms with E-state index in [9.17, 15) is 4.79 Å². The molecule has 3 heterocycles. The maximum atomic E-state index is 13.0. The molecule has 0 saturated heterocycles. The molecule has 0 aliphatic carbocycles. The van der Waals surface area contributed by atoms with E-state index in [4.69, 9.17) is 4.98 Å². The van der Waals surface area contributed by atoms with E-state index in [1.54, 1.807) is 17.5 Å². The minimum Gasteiger partial charge on any atom is -0.352 e. The van der Waals surface area contributed by atoms with Gasteiger partial charge in [-0.2, -0.15) is 5.10 Å². The molecule has 3 aromatic heterocycles. The lowest BCUT2D eigenvalue weighted by atomic mass is 10.1. The van der Waals surface area contributed by atoms with Gasteiger partial charge in [0.15, 0.2) is 5.65 Å². The minimum atomic E-state index is -0.0931. The van der Waals surface area contributed by atoms with Gasteiger partial charge < -0.3 is 5.32 Å². The molecule has 6 heteroatoms. The van der Waals surface area contributed by atoms with E-state index in [1.165, 1.54) is 4.88 Å². The number of aromatic nitrogens is 3. The lowest BCUT2D eigenvalue weighted by Crippen LogP contribution is -2.26. The molecule has 5 nitrogen and oxygen atoms in total. The lowest BCUT2D eigenvalue weighted by molar-refractivity contribution is 0.0956. The number of hydrogen-bond acceptors (Lipinski definition) is 4. The number of rotatable bonds is 6. The van der Waals surface area contributed by atoms with Crippen molar-refractivity contribution in [3.63, 3.8) is 0 Å². The van der Waals surface area contributed by atoms with Gasteiger partial charge in [-0.05, 0) is 37.8 Å². The Kier molecular flexibility index (Phi) is 5.21. The van der Waals surface area contributed by atoms with Crippen LogP contribution in [0.2, 0.25) is 0 Å². The Morgan fingerprint density at radius 2 is 2.00 bits per heavy atom. The summed E-state index contributed by atoms with van der Waals surface area (Å²) in [7, 11) is 0. The average molecular weight is 391 g/mol. The molecule has 0 fully saturated rings. The molecule has 0 unspecified atom stereocenters. The molecule has 1 N–H and O–H groups in total. The van der Waals surface area contributed by atoms with Crippen molar-refractivity contribution in [2.75, 3.05) is 6.54 Å². The fourth-order valence-corrected chi connectivity index (χ4v) is 3.90. The number of nitrogens with one attached hydrogen (secondary N) is 1. The topological polar surface area (TPSA) is 59.8 Å². The molecular formula is C22H22N4OS. The number of thiophene rings is 1. The number of fused-ring (bicyclic) bond motifs is 1. The van der Waals surface area contributed by atoms with E-state index in [1.807, 2.05) is 47.1 Å². The van der Waals surface area contributed by atoms with Crippen LogP contribution in [0.4, 0.5) is 0 Å². The van der Waals surface area contributed by atoms with Gasteiger partial charge in [0.1, 0.15) is 0 Å². The minimum absolute atomic E-state index is 0.0931. The Balaban J connectivity index is 1.70. The van der Waals surface area contributed by atoms with Gasteiger partial charge in [0.25, 0.3) is 5.91 Å². The number of amides is 1. The molecule has 4 rings (SSSR count). The summed E-state index contributed by atoms with van der Waals surface area (Å²) >= 11 is 1.70. The second-order valence-electron chi connectivity index (χ2n) is 6.93. The molecule has 0 atom stereocenters. The van der Waals surface area contributed by atoms with Crippen LogP contribution >= 0.6 is 11.3 Å². The first-order chi connectivity index (χ1) is 13.6. The van der Waals surface area contributed by atoms with Crippen LogP contribution < -0.4 is 5.32 Å². The molecule has 4 aromatic rings. The summed E-state index contributed by atoms with van der Waals surface area (Å²) < 4.78 is 1.87. The van der Waals surface area contributed by atoms with Gasteiger partial charge in [-0.1, -0.05) is 36.4 Å². The van der Waals surface area contributed by atoms with Gasteiger partial charge in [0.05, 0.1) is 22.8 Å². The van der Waals surface area contributed by atoms with Crippen LogP contribution in [0, 0.1) is 0 Å². The number of hydrogen-bond donors (Lipinski definition) is 1. The number of nitrogens with zero attached hydrogens (tertiary/aromatic N) is 3. The molecule has 0 aliphatic heterocycles. The zero-order valence-corrected chi connectivity index (χ0v) is 16.7. The molecule has 0 radical (unpaired) electrons. The molecule has 28 heavy (non-hydrogen) atoms. The van der Waals surface area contributed by atoms with Crippen molar-refractivity contribution in [1.29, 1.82) is 0 Å². The Labute approximate surface area is 168 Å². The van der Waals surface area contributed by atoms with Crippen LogP contribution in [0.15, 0.2) is 60.1 Å². The summed E-state index contributed by atoms with van der Waals surface area (Å²) in [6.07, 6.45) is 2.57. The standard InChI is InChI=1S/C22H22N4OS/c1-15(2)26-21-19(14-24-26)18(13-20(25-21)16-7-4-3-5-8-16)22(27)23-11-10-17-9-6-12-28-17/h3-9,12-15H,10-11H2,1-2H3,(H,23,27). The van der Waals surface area contributed by atoms with E-state index in [0.29, 0.717) is 12.1 Å². The Hall–Kier alpha value is -2.99. The monoisotopic (exact) mass is 390 g/mol.